The van der Waals surface area contributed by atoms with Crippen molar-refractivity contribution in [3.8, 4) is 11.5 Å². The second-order valence-corrected chi connectivity index (χ2v) is 12.1. The van der Waals surface area contributed by atoms with Gasteiger partial charge in [0, 0.05) is 61.0 Å². The molecule has 2 N–H and O–H groups in total. The minimum Gasteiger partial charge on any atom is -0.493 e. The number of piperazine rings is 1. The van der Waals surface area contributed by atoms with Crippen LogP contribution in [-0.4, -0.2) is 93.5 Å². The number of likely N-dealkylation sites (N-methyl/N-ethyl adjacent to an activating group) is 1. The number of likely N-dealkylation sites (tertiary alicyclic amines) is 1. The number of anilines is 1. The highest BCUT2D eigenvalue weighted by Crippen LogP contribution is 2.42. The molecule has 9 nitrogen and oxygen atoms in total. The van der Waals surface area contributed by atoms with E-state index in [-0.39, 0.29) is 17.9 Å². The number of alkyl halides is 3. The maximum Gasteiger partial charge on any atom is 0.416 e. The average molecular weight is 649 g/mol. The molecule has 0 aliphatic carbocycles. The van der Waals surface area contributed by atoms with Crippen molar-refractivity contribution in [2.45, 2.75) is 31.5 Å². The van der Waals surface area contributed by atoms with Gasteiger partial charge < -0.3 is 29.9 Å². The van der Waals surface area contributed by atoms with E-state index >= 15 is 0 Å². The van der Waals surface area contributed by atoms with Gasteiger partial charge in [0.05, 0.1) is 31.0 Å². The lowest BCUT2D eigenvalue weighted by Crippen LogP contribution is -2.51. The summed E-state index contributed by atoms with van der Waals surface area (Å²) in [5, 5.41) is 0. The molecule has 0 spiro atoms. The number of amides is 1. The first-order valence-electron chi connectivity index (χ1n) is 15.8. The van der Waals surface area contributed by atoms with Crippen molar-refractivity contribution < 1.29 is 27.4 Å². The smallest absolute Gasteiger partial charge is 0.416 e. The van der Waals surface area contributed by atoms with E-state index in [4.69, 9.17) is 20.2 Å². The standard InChI is InChI=1S/C35H39F3N6O3/c1-4-47-31-19-26-27(20-30(31)46-3)32(40-29-12-13-42(2)21-28(26)29)22-8-10-23(11-9-22)33(45)41-34(39)44-16-14-43(15-17-44)25-7-5-6-24(18-25)35(36,37)38/h5-11,18-20,28-29H,4,12-17,21H2,1-3H3,(H2,39,41,45). The van der Waals surface area contributed by atoms with Crippen LogP contribution in [0, 0.1) is 0 Å². The number of ether oxygens (including phenoxy) is 2. The average Bonchev–Trinajstić information content (AvgIpc) is 3.07. The Morgan fingerprint density at radius 3 is 2.45 bits per heavy atom. The molecule has 2 saturated heterocycles. The van der Waals surface area contributed by atoms with Crippen LogP contribution in [0.3, 0.4) is 0 Å². The van der Waals surface area contributed by atoms with Crippen LogP contribution in [0.2, 0.25) is 0 Å². The number of aliphatic imine (C=N–C) groups is 2. The molecule has 0 aromatic heterocycles. The summed E-state index contributed by atoms with van der Waals surface area (Å²) < 4.78 is 51.1. The fraction of sp³-hybridized carbons (Fsp3) is 0.400. The molecule has 1 amide bonds. The number of carbonyl (C=O) groups excluding carboxylic acids is 1. The number of methoxy groups -OCH3 is 1. The van der Waals surface area contributed by atoms with Crippen LogP contribution in [0.4, 0.5) is 18.9 Å². The van der Waals surface area contributed by atoms with Gasteiger partial charge in [-0.3, -0.25) is 9.79 Å². The first-order chi connectivity index (χ1) is 22.5. The van der Waals surface area contributed by atoms with Gasteiger partial charge in [-0.2, -0.15) is 18.2 Å². The molecule has 2 unspecified atom stereocenters. The molecule has 0 bridgehead atoms. The van der Waals surface area contributed by atoms with E-state index in [9.17, 15) is 18.0 Å². The number of piperidine rings is 1. The molecular formula is C35H39F3N6O3. The Hall–Kier alpha value is -4.58. The second-order valence-electron chi connectivity index (χ2n) is 12.1. The van der Waals surface area contributed by atoms with Gasteiger partial charge in [-0.15, -0.1) is 0 Å². The Morgan fingerprint density at radius 2 is 1.77 bits per heavy atom. The number of carbonyl (C=O) groups is 1. The van der Waals surface area contributed by atoms with Crippen LogP contribution >= 0.6 is 0 Å². The maximum atomic E-state index is 13.2. The number of rotatable bonds is 6. The van der Waals surface area contributed by atoms with E-state index < -0.39 is 17.6 Å². The SMILES string of the molecule is CCOc1cc2c(cc1OC)C(c1ccc(C(=O)N=C(N)N3CCN(c4cccc(C(F)(F)F)c4)CC3)cc1)=NC1CCN(C)CC21. The third kappa shape index (κ3) is 6.78. The molecule has 3 aliphatic heterocycles. The minimum absolute atomic E-state index is 0.0823. The van der Waals surface area contributed by atoms with Gasteiger partial charge in [-0.25, -0.2) is 0 Å². The van der Waals surface area contributed by atoms with E-state index in [1.807, 2.05) is 30.0 Å². The number of hydrogen-bond donors (Lipinski definition) is 1. The van der Waals surface area contributed by atoms with Crippen LogP contribution in [0.15, 0.2) is 70.6 Å². The van der Waals surface area contributed by atoms with Gasteiger partial charge in [-0.1, -0.05) is 18.2 Å². The third-order valence-electron chi connectivity index (χ3n) is 9.13. The van der Waals surface area contributed by atoms with E-state index in [2.05, 4.69) is 23.0 Å². The Labute approximate surface area is 272 Å². The summed E-state index contributed by atoms with van der Waals surface area (Å²) >= 11 is 0. The van der Waals surface area contributed by atoms with E-state index in [1.54, 1.807) is 30.2 Å². The van der Waals surface area contributed by atoms with Crippen molar-refractivity contribution in [2.24, 2.45) is 15.7 Å². The lowest BCUT2D eigenvalue weighted by atomic mass is 9.79. The fourth-order valence-corrected chi connectivity index (χ4v) is 6.63. The molecule has 6 rings (SSSR count). The summed E-state index contributed by atoms with van der Waals surface area (Å²) in [5.74, 6) is 1.21. The van der Waals surface area contributed by atoms with Gasteiger partial charge in [0.2, 0.25) is 0 Å². The predicted molar refractivity (Wildman–Crippen MR) is 176 cm³/mol. The molecule has 3 heterocycles. The molecule has 3 aromatic rings. The Morgan fingerprint density at radius 1 is 1.02 bits per heavy atom. The summed E-state index contributed by atoms with van der Waals surface area (Å²) in [6.07, 6.45) is -3.46. The first kappa shape index (κ1) is 32.4. The molecule has 2 fully saturated rings. The Balaban J connectivity index is 1.17. The highest BCUT2D eigenvalue weighted by Gasteiger charge is 2.36. The van der Waals surface area contributed by atoms with E-state index in [0.29, 0.717) is 49.8 Å². The number of hydrogen-bond acceptors (Lipinski definition) is 6. The zero-order valence-corrected chi connectivity index (χ0v) is 26.8. The van der Waals surface area contributed by atoms with Gasteiger partial charge in [0.25, 0.3) is 5.91 Å². The first-order valence-corrected chi connectivity index (χ1v) is 15.8. The van der Waals surface area contributed by atoms with Crippen LogP contribution < -0.4 is 20.1 Å². The lowest BCUT2D eigenvalue weighted by Gasteiger charge is -2.39. The summed E-state index contributed by atoms with van der Waals surface area (Å²) in [4.78, 5) is 28.5. The number of nitrogens with two attached hydrogens (primary N) is 1. The van der Waals surface area contributed by atoms with Crippen LogP contribution in [-0.2, 0) is 6.18 Å². The summed E-state index contributed by atoms with van der Waals surface area (Å²) in [5.41, 5.74) is 10.3. The Bertz CT molecular complexity index is 1680. The third-order valence-corrected chi connectivity index (χ3v) is 9.13. The van der Waals surface area contributed by atoms with Crippen molar-refractivity contribution in [1.29, 1.82) is 0 Å². The van der Waals surface area contributed by atoms with E-state index in [1.165, 1.54) is 11.6 Å². The van der Waals surface area contributed by atoms with Crippen molar-refractivity contribution in [3.05, 3.63) is 88.5 Å². The van der Waals surface area contributed by atoms with Crippen molar-refractivity contribution in [2.75, 3.05) is 64.9 Å². The zero-order chi connectivity index (χ0) is 33.3. The quantitative estimate of drug-likeness (QED) is 0.296. The number of nitrogens with zero attached hydrogens (tertiary/aromatic N) is 5. The lowest BCUT2D eigenvalue weighted by molar-refractivity contribution is -0.137. The number of benzene rings is 3. The van der Waals surface area contributed by atoms with Crippen LogP contribution in [0.5, 0.6) is 11.5 Å². The molecule has 248 valence electrons. The number of halogens is 3. The van der Waals surface area contributed by atoms with Crippen LogP contribution in [0.25, 0.3) is 0 Å². The van der Waals surface area contributed by atoms with Gasteiger partial charge in [-0.05, 0) is 75.0 Å². The van der Waals surface area contributed by atoms with Crippen LogP contribution in [0.1, 0.15) is 51.9 Å². The molecule has 0 radical (unpaired) electrons. The molecule has 12 heteroatoms. The minimum atomic E-state index is -4.40. The highest BCUT2D eigenvalue weighted by molar-refractivity contribution is 6.15. The molecule has 47 heavy (non-hydrogen) atoms. The van der Waals surface area contributed by atoms with Gasteiger partial charge in [0.15, 0.2) is 17.5 Å². The van der Waals surface area contributed by atoms with Crippen molar-refractivity contribution >= 4 is 23.3 Å². The zero-order valence-electron chi connectivity index (χ0n) is 26.8. The summed E-state index contributed by atoms with van der Waals surface area (Å²) in [6.45, 7) is 6.08. The highest BCUT2D eigenvalue weighted by atomic mass is 19.4. The summed E-state index contributed by atoms with van der Waals surface area (Å²) in [6, 6.07) is 16.7. The van der Waals surface area contributed by atoms with Gasteiger partial charge >= 0.3 is 6.18 Å². The normalized spacial score (nSPS) is 20.3. The number of guanidine groups is 1. The molecule has 3 aromatic carbocycles. The molecule has 2 atom stereocenters. The molecular weight excluding hydrogens is 609 g/mol. The fourth-order valence-electron chi connectivity index (χ4n) is 6.63. The Kier molecular flexibility index (Phi) is 9.14. The van der Waals surface area contributed by atoms with E-state index in [0.717, 1.165) is 54.2 Å². The largest absolute Gasteiger partial charge is 0.493 e. The van der Waals surface area contributed by atoms with Gasteiger partial charge in [0.1, 0.15) is 0 Å². The monoisotopic (exact) mass is 648 g/mol. The number of fused-ring (bicyclic) bond motifs is 3. The predicted octanol–water partition coefficient (Wildman–Crippen LogP) is 5.03. The second kappa shape index (κ2) is 13.3. The topological polar surface area (TPSA) is 96.0 Å². The van der Waals surface area contributed by atoms with Crippen molar-refractivity contribution in [3.63, 3.8) is 0 Å². The molecule has 3 aliphatic rings. The molecule has 0 saturated carbocycles. The maximum absolute atomic E-state index is 13.2. The summed E-state index contributed by atoms with van der Waals surface area (Å²) in [7, 11) is 3.76. The van der Waals surface area contributed by atoms with Crippen molar-refractivity contribution in [1.82, 2.24) is 9.80 Å².